The standard InChI is InChI=1S/C12H21N3O4/c1-10(16)11(17)13-2-4-14(5-3-13)12(18)15-6-8-19-9-7-15/h10,16H,2-9H2,1H3. The van der Waals surface area contributed by atoms with Gasteiger partial charge in [-0.2, -0.15) is 0 Å². The van der Waals surface area contributed by atoms with Crippen molar-refractivity contribution in [2.75, 3.05) is 52.5 Å². The van der Waals surface area contributed by atoms with Crippen LogP contribution in [0.5, 0.6) is 0 Å². The maximum atomic E-state index is 12.2. The Kier molecular flexibility index (Phi) is 4.60. The van der Waals surface area contributed by atoms with Crippen LogP contribution in [0.25, 0.3) is 0 Å². The summed E-state index contributed by atoms with van der Waals surface area (Å²) < 4.78 is 5.22. The van der Waals surface area contributed by atoms with Gasteiger partial charge >= 0.3 is 6.03 Å². The molecule has 7 nitrogen and oxygen atoms in total. The lowest BCUT2D eigenvalue weighted by Crippen LogP contribution is -2.56. The van der Waals surface area contributed by atoms with E-state index in [1.165, 1.54) is 6.92 Å². The van der Waals surface area contributed by atoms with Crippen molar-refractivity contribution in [3.63, 3.8) is 0 Å². The Bertz CT molecular complexity index is 334. The highest BCUT2D eigenvalue weighted by Crippen LogP contribution is 2.08. The maximum absolute atomic E-state index is 12.2. The van der Waals surface area contributed by atoms with Gasteiger partial charge in [0.15, 0.2) is 0 Å². The molecule has 0 aromatic heterocycles. The number of hydrogen-bond acceptors (Lipinski definition) is 4. The summed E-state index contributed by atoms with van der Waals surface area (Å²) in [6.45, 7) is 5.92. The van der Waals surface area contributed by atoms with E-state index >= 15 is 0 Å². The molecule has 2 aliphatic heterocycles. The minimum Gasteiger partial charge on any atom is -0.384 e. The fourth-order valence-corrected chi connectivity index (χ4v) is 2.34. The van der Waals surface area contributed by atoms with Gasteiger partial charge in [-0.1, -0.05) is 0 Å². The van der Waals surface area contributed by atoms with Crippen LogP contribution in [0, 0.1) is 0 Å². The first-order valence-corrected chi connectivity index (χ1v) is 6.68. The van der Waals surface area contributed by atoms with Crippen LogP contribution in [0.3, 0.4) is 0 Å². The molecule has 0 aromatic rings. The van der Waals surface area contributed by atoms with Gasteiger partial charge in [-0.25, -0.2) is 4.79 Å². The zero-order chi connectivity index (χ0) is 13.8. The number of nitrogens with zero attached hydrogens (tertiary/aromatic N) is 3. The van der Waals surface area contributed by atoms with Crippen molar-refractivity contribution >= 4 is 11.9 Å². The number of piperazine rings is 1. The lowest BCUT2D eigenvalue weighted by Gasteiger charge is -2.38. The molecule has 3 amide bonds. The van der Waals surface area contributed by atoms with Crippen LogP contribution in [0.2, 0.25) is 0 Å². The molecule has 2 aliphatic rings. The van der Waals surface area contributed by atoms with Crippen LogP contribution in [0.4, 0.5) is 4.79 Å². The van der Waals surface area contributed by atoms with Crippen LogP contribution < -0.4 is 0 Å². The number of ether oxygens (including phenoxy) is 1. The normalized spacial score (nSPS) is 22.3. The molecule has 2 fully saturated rings. The molecular formula is C12H21N3O4. The summed E-state index contributed by atoms with van der Waals surface area (Å²) in [5, 5.41) is 9.26. The lowest BCUT2D eigenvalue weighted by molar-refractivity contribution is -0.140. The third-order valence-electron chi connectivity index (χ3n) is 3.50. The summed E-state index contributed by atoms with van der Waals surface area (Å²) in [5.41, 5.74) is 0. The third-order valence-corrected chi connectivity index (χ3v) is 3.50. The second kappa shape index (κ2) is 6.21. The summed E-state index contributed by atoms with van der Waals surface area (Å²) >= 11 is 0. The van der Waals surface area contributed by atoms with Crippen LogP contribution in [-0.2, 0) is 9.53 Å². The molecule has 2 heterocycles. The Morgan fingerprint density at radius 1 is 0.947 bits per heavy atom. The molecule has 1 N–H and O–H groups in total. The largest absolute Gasteiger partial charge is 0.384 e. The molecule has 108 valence electrons. The van der Waals surface area contributed by atoms with E-state index in [-0.39, 0.29) is 11.9 Å². The molecule has 19 heavy (non-hydrogen) atoms. The highest BCUT2D eigenvalue weighted by Gasteiger charge is 2.28. The molecule has 0 aliphatic carbocycles. The first-order chi connectivity index (χ1) is 9.09. The molecule has 2 saturated heterocycles. The van der Waals surface area contributed by atoms with Crippen molar-refractivity contribution < 1.29 is 19.4 Å². The molecule has 0 radical (unpaired) electrons. The fraction of sp³-hybridized carbons (Fsp3) is 0.833. The van der Waals surface area contributed by atoms with E-state index in [4.69, 9.17) is 4.74 Å². The third kappa shape index (κ3) is 3.36. The number of urea groups is 1. The topological polar surface area (TPSA) is 73.3 Å². The van der Waals surface area contributed by atoms with Gasteiger partial charge in [0.2, 0.25) is 0 Å². The first-order valence-electron chi connectivity index (χ1n) is 6.68. The maximum Gasteiger partial charge on any atom is 0.320 e. The van der Waals surface area contributed by atoms with Crippen LogP contribution in [-0.4, -0.2) is 90.3 Å². The van der Waals surface area contributed by atoms with Gasteiger partial charge in [0.05, 0.1) is 13.2 Å². The average Bonchev–Trinajstić information content (AvgIpc) is 2.46. The van der Waals surface area contributed by atoms with Gasteiger partial charge in [-0.3, -0.25) is 4.79 Å². The van der Waals surface area contributed by atoms with Gasteiger partial charge in [0, 0.05) is 39.3 Å². The molecule has 2 rings (SSSR count). The van der Waals surface area contributed by atoms with Crippen molar-refractivity contribution in [3.05, 3.63) is 0 Å². The Labute approximate surface area is 112 Å². The summed E-state index contributed by atoms with van der Waals surface area (Å²) in [6.07, 6.45) is -0.971. The monoisotopic (exact) mass is 271 g/mol. The number of aliphatic hydroxyl groups is 1. The molecule has 1 unspecified atom stereocenters. The Morgan fingerprint density at radius 2 is 1.42 bits per heavy atom. The Morgan fingerprint density at radius 3 is 1.95 bits per heavy atom. The van der Waals surface area contributed by atoms with Gasteiger partial charge in [0.1, 0.15) is 6.10 Å². The number of carbonyl (C=O) groups is 2. The van der Waals surface area contributed by atoms with Crippen LogP contribution in [0.15, 0.2) is 0 Å². The Hall–Kier alpha value is -1.34. The number of carbonyl (C=O) groups excluding carboxylic acids is 2. The zero-order valence-electron chi connectivity index (χ0n) is 11.2. The van der Waals surface area contributed by atoms with Crippen LogP contribution in [0.1, 0.15) is 6.92 Å². The van der Waals surface area contributed by atoms with Gasteiger partial charge in [-0.15, -0.1) is 0 Å². The molecule has 0 aromatic carbocycles. The zero-order valence-corrected chi connectivity index (χ0v) is 11.2. The van der Waals surface area contributed by atoms with Crippen LogP contribution >= 0.6 is 0 Å². The van der Waals surface area contributed by atoms with Crippen molar-refractivity contribution in [2.24, 2.45) is 0 Å². The quantitative estimate of drug-likeness (QED) is 0.661. The molecule has 1 atom stereocenters. The van der Waals surface area contributed by atoms with E-state index in [1.54, 1.807) is 14.7 Å². The van der Waals surface area contributed by atoms with Crippen molar-refractivity contribution in [3.8, 4) is 0 Å². The number of amides is 3. The van der Waals surface area contributed by atoms with E-state index in [2.05, 4.69) is 0 Å². The molecular weight excluding hydrogens is 250 g/mol. The minimum atomic E-state index is -0.971. The van der Waals surface area contributed by atoms with Crippen molar-refractivity contribution in [1.29, 1.82) is 0 Å². The smallest absolute Gasteiger partial charge is 0.320 e. The number of rotatable bonds is 1. The highest BCUT2D eigenvalue weighted by atomic mass is 16.5. The molecule has 0 bridgehead atoms. The average molecular weight is 271 g/mol. The minimum absolute atomic E-state index is 0.0208. The number of hydrogen-bond donors (Lipinski definition) is 1. The summed E-state index contributed by atoms with van der Waals surface area (Å²) in [7, 11) is 0. The predicted molar refractivity (Wildman–Crippen MR) is 67.6 cm³/mol. The molecule has 0 saturated carbocycles. The van der Waals surface area contributed by atoms with E-state index in [1.807, 2.05) is 0 Å². The molecule has 0 spiro atoms. The highest BCUT2D eigenvalue weighted by molar-refractivity contribution is 5.81. The van der Waals surface area contributed by atoms with Gasteiger partial charge in [-0.05, 0) is 6.92 Å². The molecule has 7 heteroatoms. The van der Waals surface area contributed by atoms with Gasteiger partial charge in [0.25, 0.3) is 5.91 Å². The second-order valence-electron chi connectivity index (χ2n) is 4.87. The van der Waals surface area contributed by atoms with Crippen molar-refractivity contribution in [1.82, 2.24) is 14.7 Å². The van der Waals surface area contributed by atoms with Gasteiger partial charge < -0.3 is 24.5 Å². The summed E-state index contributed by atoms with van der Waals surface area (Å²) in [6, 6.07) is 0.0208. The van der Waals surface area contributed by atoms with Crippen molar-refractivity contribution in [2.45, 2.75) is 13.0 Å². The van der Waals surface area contributed by atoms with E-state index in [9.17, 15) is 14.7 Å². The lowest BCUT2D eigenvalue weighted by atomic mass is 10.2. The number of morpholine rings is 1. The number of aliphatic hydroxyl groups excluding tert-OH is 1. The summed E-state index contributed by atoms with van der Waals surface area (Å²) in [4.78, 5) is 29.0. The fourth-order valence-electron chi connectivity index (χ4n) is 2.34. The first kappa shape index (κ1) is 14.1. The second-order valence-corrected chi connectivity index (χ2v) is 4.87. The Balaban J connectivity index is 1.82. The predicted octanol–water partition coefficient (Wildman–Crippen LogP) is -1.04. The SMILES string of the molecule is CC(O)C(=O)N1CCN(C(=O)N2CCOCC2)CC1. The van der Waals surface area contributed by atoms with E-state index in [0.717, 1.165) is 0 Å². The summed E-state index contributed by atoms with van der Waals surface area (Å²) in [5.74, 6) is -0.265. The van der Waals surface area contributed by atoms with E-state index < -0.39 is 6.10 Å². The van der Waals surface area contributed by atoms with E-state index in [0.29, 0.717) is 52.5 Å².